The number of azo groups is 1. The maximum atomic E-state index is 8.88. The van der Waals surface area contributed by atoms with Crippen molar-refractivity contribution in [3.63, 3.8) is 0 Å². The van der Waals surface area contributed by atoms with Gasteiger partial charge in [0, 0.05) is 0 Å². The number of hydrogen-bond acceptors (Lipinski definition) is 3. The minimum absolute atomic E-state index is 0.148. The van der Waals surface area contributed by atoms with E-state index in [9.17, 15) is 0 Å². The summed E-state index contributed by atoms with van der Waals surface area (Å²) < 4.78 is 0. The molecule has 14 heavy (non-hydrogen) atoms. The van der Waals surface area contributed by atoms with Crippen LogP contribution in [0.4, 0.5) is 0 Å². The average Bonchev–Trinajstić information content (AvgIpc) is 2.14. The van der Waals surface area contributed by atoms with E-state index in [2.05, 4.69) is 16.3 Å². The first kappa shape index (κ1) is 10.9. The van der Waals surface area contributed by atoms with Crippen molar-refractivity contribution in [1.82, 2.24) is 0 Å². The first-order valence-electron chi connectivity index (χ1n) is 5.08. The molecule has 0 aromatic carbocycles. The maximum Gasteiger partial charge on any atom is 0.0966 e. The van der Waals surface area contributed by atoms with Gasteiger partial charge >= 0.3 is 0 Å². The monoisotopic (exact) mass is 191 g/mol. The SMILES string of the molecule is CC(C)(C)/N=N/C1=C(C#N)CCCC1. The van der Waals surface area contributed by atoms with Crippen LogP contribution in [0.15, 0.2) is 21.5 Å². The predicted octanol–water partition coefficient (Wildman–Crippen LogP) is 3.59. The Morgan fingerprint density at radius 1 is 1.21 bits per heavy atom. The number of hydrogen-bond donors (Lipinski definition) is 0. The summed E-state index contributed by atoms with van der Waals surface area (Å²) in [5, 5.41) is 17.3. The van der Waals surface area contributed by atoms with Gasteiger partial charge in [-0.3, -0.25) is 0 Å². The smallest absolute Gasteiger partial charge is 0.0966 e. The fraction of sp³-hybridized carbons (Fsp3) is 0.727. The van der Waals surface area contributed by atoms with Crippen molar-refractivity contribution in [3.8, 4) is 6.07 Å². The van der Waals surface area contributed by atoms with Gasteiger partial charge in [-0.15, -0.1) is 0 Å². The summed E-state index contributed by atoms with van der Waals surface area (Å²) >= 11 is 0. The minimum atomic E-state index is -0.148. The zero-order valence-electron chi connectivity index (χ0n) is 9.17. The second-order valence-electron chi connectivity index (χ2n) is 4.61. The number of nitrogens with zero attached hydrogens (tertiary/aromatic N) is 3. The third-order valence-electron chi connectivity index (χ3n) is 2.04. The fourth-order valence-electron chi connectivity index (χ4n) is 1.33. The lowest BCUT2D eigenvalue weighted by atomic mass is 9.98. The van der Waals surface area contributed by atoms with Gasteiger partial charge in [-0.2, -0.15) is 15.5 Å². The van der Waals surface area contributed by atoms with Crippen molar-refractivity contribution < 1.29 is 0 Å². The molecule has 0 spiro atoms. The molecule has 1 aliphatic carbocycles. The molecule has 0 radical (unpaired) electrons. The number of allylic oxidation sites excluding steroid dienone is 2. The molecule has 0 atom stereocenters. The molecule has 0 aliphatic heterocycles. The summed E-state index contributed by atoms with van der Waals surface area (Å²) in [4.78, 5) is 0. The van der Waals surface area contributed by atoms with Gasteiger partial charge in [0.1, 0.15) is 0 Å². The van der Waals surface area contributed by atoms with Crippen molar-refractivity contribution in [2.24, 2.45) is 10.2 Å². The van der Waals surface area contributed by atoms with E-state index in [1.54, 1.807) is 0 Å². The normalized spacial score (nSPS) is 18.7. The van der Waals surface area contributed by atoms with Crippen molar-refractivity contribution in [2.75, 3.05) is 0 Å². The van der Waals surface area contributed by atoms with E-state index in [0.29, 0.717) is 0 Å². The predicted molar refractivity (Wildman–Crippen MR) is 55.7 cm³/mol. The standard InChI is InChI=1S/C11H17N3/c1-11(2,3)14-13-10-7-5-4-6-9(10)8-12/h4-7H2,1-3H3/b14-13+. The van der Waals surface area contributed by atoms with Crippen LogP contribution in [0, 0.1) is 11.3 Å². The van der Waals surface area contributed by atoms with E-state index >= 15 is 0 Å². The quantitative estimate of drug-likeness (QED) is 0.584. The average molecular weight is 191 g/mol. The van der Waals surface area contributed by atoms with Crippen molar-refractivity contribution in [1.29, 1.82) is 5.26 Å². The highest BCUT2D eigenvalue weighted by atomic mass is 15.1. The third-order valence-corrected chi connectivity index (χ3v) is 2.04. The summed E-state index contributed by atoms with van der Waals surface area (Å²) in [5.41, 5.74) is 1.57. The van der Waals surface area contributed by atoms with Gasteiger partial charge in [0.15, 0.2) is 0 Å². The molecule has 0 saturated heterocycles. The van der Waals surface area contributed by atoms with Gasteiger partial charge in [-0.05, 0) is 46.5 Å². The van der Waals surface area contributed by atoms with Crippen LogP contribution in [0.25, 0.3) is 0 Å². The molecule has 0 saturated carbocycles. The van der Waals surface area contributed by atoms with Gasteiger partial charge in [-0.1, -0.05) is 0 Å². The Morgan fingerprint density at radius 3 is 2.43 bits per heavy atom. The second-order valence-corrected chi connectivity index (χ2v) is 4.61. The molecule has 0 fully saturated rings. The molecule has 0 N–H and O–H groups in total. The fourth-order valence-corrected chi connectivity index (χ4v) is 1.33. The van der Waals surface area contributed by atoms with Crippen LogP contribution in [-0.2, 0) is 0 Å². The van der Waals surface area contributed by atoms with E-state index in [4.69, 9.17) is 5.26 Å². The molecule has 1 aliphatic rings. The lowest BCUT2D eigenvalue weighted by molar-refractivity contribution is 0.539. The largest absolute Gasteiger partial charge is 0.193 e. The topological polar surface area (TPSA) is 48.5 Å². The molecule has 0 aromatic rings. The van der Waals surface area contributed by atoms with Crippen LogP contribution in [-0.4, -0.2) is 5.54 Å². The molecule has 0 bridgehead atoms. The Kier molecular flexibility index (Phi) is 3.40. The summed E-state index contributed by atoms with van der Waals surface area (Å²) in [6.45, 7) is 6.02. The van der Waals surface area contributed by atoms with Crippen LogP contribution in [0.5, 0.6) is 0 Å². The summed E-state index contributed by atoms with van der Waals surface area (Å²) in [7, 11) is 0. The maximum absolute atomic E-state index is 8.88. The highest BCUT2D eigenvalue weighted by Crippen LogP contribution is 2.26. The molecular weight excluding hydrogens is 174 g/mol. The van der Waals surface area contributed by atoms with E-state index in [1.807, 2.05) is 20.8 Å². The first-order valence-corrected chi connectivity index (χ1v) is 5.08. The van der Waals surface area contributed by atoms with Crippen molar-refractivity contribution >= 4 is 0 Å². The molecule has 3 heteroatoms. The Bertz CT molecular complexity index is 299. The first-order chi connectivity index (χ1) is 6.53. The lowest BCUT2D eigenvalue weighted by Gasteiger charge is -2.13. The van der Waals surface area contributed by atoms with Crippen molar-refractivity contribution in [3.05, 3.63) is 11.3 Å². The summed E-state index contributed by atoms with van der Waals surface area (Å²) in [6, 6.07) is 2.22. The van der Waals surface area contributed by atoms with E-state index in [-0.39, 0.29) is 5.54 Å². The number of nitriles is 1. The van der Waals surface area contributed by atoms with E-state index in [0.717, 1.165) is 37.0 Å². The van der Waals surface area contributed by atoms with E-state index in [1.165, 1.54) is 0 Å². The molecule has 0 unspecified atom stereocenters. The van der Waals surface area contributed by atoms with E-state index < -0.39 is 0 Å². The third kappa shape index (κ3) is 3.29. The zero-order chi connectivity index (χ0) is 10.6. The highest BCUT2D eigenvalue weighted by Gasteiger charge is 2.13. The Hall–Kier alpha value is -1.17. The summed E-state index contributed by atoms with van der Waals surface area (Å²) in [5.74, 6) is 0. The van der Waals surface area contributed by atoms with Crippen molar-refractivity contribution in [2.45, 2.75) is 52.0 Å². The molecule has 0 aromatic heterocycles. The number of rotatable bonds is 1. The molecule has 76 valence electrons. The van der Waals surface area contributed by atoms with Gasteiger partial charge < -0.3 is 0 Å². The molecule has 0 amide bonds. The van der Waals surface area contributed by atoms with Crippen LogP contribution in [0.3, 0.4) is 0 Å². The lowest BCUT2D eigenvalue weighted by Crippen LogP contribution is -2.08. The highest BCUT2D eigenvalue weighted by molar-refractivity contribution is 5.28. The molecular formula is C11H17N3. The zero-order valence-corrected chi connectivity index (χ0v) is 9.17. The Balaban J connectivity index is 2.81. The van der Waals surface area contributed by atoms with Gasteiger partial charge in [0.25, 0.3) is 0 Å². The van der Waals surface area contributed by atoms with Crippen LogP contribution in [0.2, 0.25) is 0 Å². The van der Waals surface area contributed by atoms with Crippen LogP contribution < -0.4 is 0 Å². The molecule has 3 nitrogen and oxygen atoms in total. The molecule has 1 rings (SSSR count). The van der Waals surface area contributed by atoms with Crippen LogP contribution >= 0.6 is 0 Å². The van der Waals surface area contributed by atoms with Gasteiger partial charge in [0.2, 0.25) is 0 Å². The molecule has 0 heterocycles. The Morgan fingerprint density at radius 2 is 1.86 bits per heavy atom. The second kappa shape index (κ2) is 4.36. The summed E-state index contributed by atoms with van der Waals surface area (Å²) in [6.07, 6.45) is 4.01. The van der Waals surface area contributed by atoms with Gasteiger partial charge in [0.05, 0.1) is 22.9 Å². The Labute approximate surface area is 85.5 Å². The van der Waals surface area contributed by atoms with Crippen LogP contribution in [0.1, 0.15) is 46.5 Å². The minimum Gasteiger partial charge on any atom is -0.193 e. The van der Waals surface area contributed by atoms with Gasteiger partial charge in [-0.25, -0.2) is 0 Å².